The minimum atomic E-state index is -3.63. The van der Waals surface area contributed by atoms with Crippen molar-refractivity contribution in [2.45, 2.75) is 0 Å². The zero-order valence-electron chi connectivity index (χ0n) is 11.4. The monoisotopic (exact) mass is 861 g/mol. The molecule has 0 aliphatic heterocycles. The second kappa shape index (κ2) is 56.2. The van der Waals surface area contributed by atoms with Crippen LogP contribution in [0.5, 0.6) is 0 Å². The fourth-order valence-corrected chi connectivity index (χ4v) is 0. The molecule has 0 N–H and O–H groups in total. The molecule has 0 aromatic heterocycles. The second-order valence-corrected chi connectivity index (χ2v) is 3.75. The van der Waals surface area contributed by atoms with Gasteiger partial charge in [0, 0.05) is 54.3 Å². The summed E-state index contributed by atoms with van der Waals surface area (Å²) in [4.78, 5) is 85.2. The van der Waals surface area contributed by atoms with Crippen LogP contribution in [0.4, 0.5) is 0 Å². The van der Waals surface area contributed by atoms with Gasteiger partial charge in [-0.3, -0.25) is 0 Å². The first-order valence-electron chi connectivity index (χ1n) is 3.06. The van der Waals surface area contributed by atoms with Crippen LogP contribution in [0.25, 0.3) is 0 Å². The first-order chi connectivity index (χ1) is 8.66. The van der Waals surface area contributed by atoms with Crippen LogP contribution in [0, 0.1) is 0 Å². The molecule has 0 rings (SSSR count). The standard InChI is InChI=1S/2Al.B.5O3Si.2Pb/c;;;5*1-4(2)3;;/q2*+3;;5*-2;2*+2. The molecule has 0 aromatic carbocycles. The van der Waals surface area contributed by atoms with Crippen LogP contribution in [-0.4, -0.2) is 144 Å². The first kappa shape index (κ1) is 63.5. The predicted molar refractivity (Wildman–Crippen MR) is 61.0 cm³/mol. The third-order valence-electron chi connectivity index (χ3n) is 0. The van der Waals surface area contributed by atoms with Crippen LogP contribution < -0.4 is 48.0 Å². The van der Waals surface area contributed by atoms with Crippen molar-refractivity contribution in [1.82, 2.24) is 0 Å². The van der Waals surface area contributed by atoms with Gasteiger partial charge in [-0.15, -0.1) is 0 Å². The molecule has 0 aliphatic rings. The normalized spacial score (nSPS) is 4.80. The summed E-state index contributed by atoms with van der Waals surface area (Å²) in [7, 11) is -18.1. The Kier molecular flexibility index (Phi) is 143. The molecular weight excluding hydrogens is 860 g/mol. The molecule has 25 heavy (non-hydrogen) atoms. The summed E-state index contributed by atoms with van der Waals surface area (Å²) in [5.74, 6) is 0. The van der Waals surface area contributed by atoms with Gasteiger partial charge in [-0.1, -0.05) is 0 Å². The van der Waals surface area contributed by atoms with Gasteiger partial charge in [0.05, 0.1) is 0 Å². The smallest absolute Gasteiger partial charge is 0.672 e. The van der Waals surface area contributed by atoms with E-state index in [1.54, 1.807) is 0 Å². The average molecular weight is 860 g/mol. The Hall–Kier alpha value is 1.06. The summed E-state index contributed by atoms with van der Waals surface area (Å²) in [6.07, 6.45) is 0. The predicted octanol–water partition coefficient (Wildman–Crippen LogP) is -16.3. The van der Waals surface area contributed by atoms with Crippen molar-refractivity contribution in [3.63, 3.8) is 0 Å². The Balaban J connectivity index is -0.0000000134. The van der Waals surface area contributed by atoms with Crippen molar-refractivity contribution in [3.05, 3.63) is 0 Å². The molecule has 0 amide bonds. The number of hydrogen-bond acceptors (Lipinski definition) is 15. The summed E-state index contributed by atoms with van der Waals surface area (Å²) < 4.78 is 42.6. The molecule has 0 atom stereocenters. The molecule has 15 nitrogen and oxygen atoms in total. The Labute approximate surface area is 211 Å². The third kappa shape index (κ3) is 11900. The van der Waals surface area contributed by atoms with Crippen molar-refractivity contribution in [1.29, 1.82) is 0 Å². The third-order valence-corrected chi connectivity index (χ3v) is 0. The second-order valence-electron chi connectivity index (χ2n) is 1.25. The minimum Gasteiger partial charge on any atom is -0.672 e. The van der Waals surface area contributed by atoms with Gasteiger partial charge in [-0.05, 0) is 0 Å². The Bertz CT molecular complexity index is 227. The molecule has 0 heterocycles. The van der Waals surface area contributed by atoms with Crippen molar-refractivity contribution in [2.24, 2.45) is 0 Å². The molecular formula is Al2BO15Pb2Si5. The zero-order chi connectivity index (χ0) is 17.9. The molecule has 0 saturated heterocycles. The van der Waals surface area contributed by atoms with Crippen molar-refractivity contribution < 1.29 is 70.3 Å². The van der Waals surface area contributed by atoms with Gasteiger partial charge in [0.1, 0.15) is 0 Å². The van der Waals surface area contributed by atoms with E-state index in [9.17, 15) is 0 Å². The maximum absolute atomic E-state index is 8.52. The van der Waals surface area contributed by atoms with Gasteiger partial charge in [-0.2, -0.15) is 0 Å². The van der Waals surface area contributed by atoms with Crippen LogP contribution in [0.1, 0.15) is 0 Å². The van der Waals surface area contributed by atoms with E-state index in [0.717, 1.165) is 0 Å². The first-order valence-corrected chi connectivity index (χ1v) is 9.19. The fourth-order valence-electron chi connectivity index (χ4n) is 0. The zero-order valence-corrected chi connectivity index (χ0v) is 26.4. The van der Waals surface area contributed by atoms with Gasteiger partial charge < -0.3 is 70.3 Å². The van der Waals surface area contributed by atoms with Crippen LogP contribution in [0.2, 0.25) is 0 Å². The van der Waals surface area contributed by atoms with E-state index in [-0.39, 0.29) is 97.7 Å². The van der Waals surface area contributed by atoms with Gasteiger partial charge in [-0.25, -0.2) is 0 Å². The summed E-state index contributed by atoms with van der Waals surface area (Å²) in [6, 6.07) is 0. The molecule has 0 bridgehead atoms. The molecule has 7 radical (unpaired) electrons. The van der Waals surface area contributed by atoms with Gasteiger partial charge in [0.15, 0.2) is 0 Å². The van der Waals surface area contributed by atoms with E-state index in [1.165, 1.54) is 0 Å². The maximum Gasteiger partial charge on any atom is 3.00 e. The van der Waals surface area contributed by atoms with Gasteiger partial charge in [0.25, 0.3) is 0 Å². The summed E-state index contributed by atoms with van der Waals surface area (Å²) in [5.41, 5.74) is 0. The summed E-state index contributed by atoms with van der Waals surface area (Å²) in [5, 5.41) is 0. The molecule has 127 valence electrons. The summed E-state index contributed by atoms with van der Waals surface area (Å²) in [6.45, 7) is 0. The largest absolute Gasteiger partial charge is 3.00 e. The Morgan fingerprint density at radius 3 is 0.360 bits per heavy atom. The van der Waals surface area contributed by atoms with E-state index in [1.807, 2.05) is 0 Å². The number of rotatable bonds is 0. The molecule has 0 unspecified atom stereocenters. The maximum atomic E-state index is 8.52. The van der Waals surface area contributed by atoms with E-state index < -0.39 is 45.9 Å². The van der Waals surface area contributed by atoms with Crippen molar-refractivity contribution in [3.8, 4) is 0 Å². The van der Waals surface area contributed by atoms with E-state index in [0.29, 0.717) is 0 Å². The van der Waals surface area contributed by atoms with Crippen LogP contribution in [0.15, 0.2) is 0 Å². The fraction of sp³-hybridized carbons (Fsp3) is 0. The number of hydrogen-bond donors (Lipinski definition) is 0. The summed E-state index contributed by atoms with van der Waals surface area (Å²) >= 11 is 0. The Morgan fingerprint density at radius 1 is 0.360 bits per heavy atom. The molecule has 0 fully saturated rings. The van der Waals surface area contributed by atoms with Crippen LogP contribution in [-0.2, 0) is 22.3 Å². The van der Waals surface area contributed by atoms with E-state index >= 15 is 0 Å². The molecule has 0 aromatic rings. The SMILES string of the molecule is O=[Si]([O-])[O-].O=[Si]([O-])[O-].O=[Si]([O-])[O-].O=[Si]([O-])[O-].O=[Si]([O-])[O-].[Al+3].[Al+3].[B].[Pb+2].[Pb+2]. The van der Waals surface area contributed by atoms with Crippen LogP contribution in [0.3, 0.4) is 0 Å². The van der Waals surface area contributed by atoms with E-state index in [2.05, 4.69) is 0 Å². The van der Waals surface area contributed by atoms with Crippen LogP contribution >= 0.6 is 0 Å². The van der Waals surface area contributed by atoms with Crippen molar-refractivity contribution in [2.75, 3.05) is 0 Å². The minimum absolute atomic E-state index is 0. The molecule has 25 heteroatoms. The quantitative estimate of drug-likeness (QED) is 0.204. The Morgan fingerprint density at radius 2 is 0.360 bits per heavy atom. The van der Waals surface area contributed by atoms with Gasteiger partial charge >= 0.3 is 89.3 Å². The topological polar surface area (TPSA) is 316 Å². The molecule has 0 aliphatic carbocycles. The van der Waals surface area contributed by atoms with E-state index in [4.69, 9.17) is 70.3 Å². The average Bonchev–Trinajstić information content (AvgIpc) is 1.94. The molecule has 0 saturated carbocycles. The molecule has 0 spiro atoms. The van der Waals surface area contributed by atoms with Gasteiger partial charge in [0.2, 0.25) is 0 Å². The van der Waals surface area contributed by atoms with Crippen molar-refractivity contribution >= 4 is 144 Å².